The Labute approximate surface area is 155 Å². The third-order valence-corrected chi connectivity index (χ3v) is 6.97. The molecule has 0 bridgehead atoms. The third kappa shape index (κ3) is 4.32. The molecule has 122 valence electrons. The number of aliphatic hydroxyl groups excluding tert-OH is 1. The van der Waals surface area contributed by atoms with E-state index < -0.39 is 6.10 Å². The zero-order valence-corrected chi connectivity index (χ0v) is 16.6. The van der Waals surface area contributed by atoms with Crippen molar-refractivity contribution in [1.29, 1.82) is 0 Å². The van der Waals surface area contributed by atoms with Gasteiger partial charge in [0.05, 0.1) is 0 Å². The van der Waals surface area contributed by atoms with E-state index in [2.05, 4.69) is 29.6 Å². The van der Waals surface area contributed by atoms with Gasteiger partial charge in [0.1, 0.15) is 0 Å². The van der Waals surface area contributed by atoms with Crippen molar-refractivity contribution in [3.05, 3.63) is 63.6 Å². The van der Waals surface area contributed by atoms with Crippen LogP contribution in [0.25, 0.3) is 0 Å². The van der Waals surface area contributed by atoms with E-state index in [4.69, 9.17) is 23.2 Å². The Kier molecular flexibility index (Phi) is 5.72. The van der Waals surface area contributed by atoms with Crippen LogP contribution in [0, 0.1) is 5.92 Å². The average Bonchev–Trinajstić information content (AvgIpc) is 3.38. The first-order chi connectivity index (χ1) is 11.1. The van der Waals surface area contributed by atoms with Gasteiger partial charge in [-0.2, -0.15) is 0 Å². The summed E-state index contributed by atoms with van der Waals surface area (Å²) < 4.78 is 0.907. The number of benzene rings is 2. The minimum absolute atomic E-state index is 0.297. The zero-order chi connectivity index (χ0) is 16.4. The number of aliphatic hydroxyl groups is 1. The number of halogens is 2. The molecule has 1 saturated carbocycles. The van der Waals surface area contributed by atoms with Crippen molar-refractivity contribution in [2.45, 2.75) is 25.0 Å². The summed E-state index contributed by atoms with van der Waals surface area (Å²) in [6.45, 7) is 0.483. The zero-order valence-electron chi connectivity index (χ0n) is 12.7. The van der Waals surface area contributed by atoms with Crippen molar-refractivity contribution in [2.24, 2.45) is 5.92 Å². The van der Waals surface area contributed by atoms with Crippen LogP contribution in [0.15, 0.2) is 42.5 Å². The molecule has 3 unspecified atom stereocenters. The molecule has 0 amide bonds. The molecule has 1 fully saturated rings. The van der Waals surface area contributed by atoms with Gasteiger partial charge in [-0.25, -0.2) is 0 Å². The van der Waals surface area contributed by atoms with Crippen molar-refractivity contribution < 1.29 is 5.11 Å². The first-order valence-electron chi connectivity index (χ1n) is 7.77. The van der Waals surface area contributed by atoms with Gasteiger partial charge in [0.25, 0.3) is 0 Å². The van der Waals surface area contributed by atoms with Crippen molar-refractivity contribution in [1.82, 2.24) is 5.32 Å². The van der Waals surface area contributed by atoms with E-state index in [-0.39, 0.29) is 0 Å². The molecule has 5 heteroatoms. The van der Waals surface area contributed by atoms with Crippen LogP contribution in [-0.4, -0.2) is 28.5 Å². The topological polar surface area (TPSA) is 32.3 Å². The fourth-order valence-corrected chi connectivity index (χ4v) is 3.65. The standard InChI is InChI=1S/C18H20AsCl2NO/c19-17-14(20)8-13(9-15(17)21)16(23)10-22-18(12-6-7-12)11-4-2-1-3-5-11/h1-5,8-9,12,16,18,22-23H,6-7,10,19H2. The number of hydrogen-bond acceptors (Lipinski definition) is 2. The van der Waals surface area contributed by atoms with Crippen molar-refractivity contribution in [3.63, 3.8) is 0 Å². The first-order valence-corrected chi connectivity index (χ1v) is 9.74. The molecule has 0 radical (unpaired) electrons. The second-order valence-electron chi connectivity index (χ2n) is 6.05. The van der Waals surface area contributed by atoms with Crippen LogP contribution in [0.5, 0.6) is 0 Å². The summed E-state index contributed by atoms with van der Waals surface area (Å²) in [4.78, 5) is 0. The third-order valence-electron chi connectivity index (χ3n) is 4.27. The van der Waals surface area contributed by atoms with Crippen molar-refractivity contribution in [2.75, 3.05) is 6.54 Å². The van der Waals surface area contributed by atoms with E-state index in [0.717, 1.165) is 9.91 Å². The van der Waals surface area contributed by atoms with Crippen LogP contribution in [0.1, 0.15) is 36.1 Å². The number of nitrogens with one attached hydrogen (secondary N) is 1. The number of hydrogen-bond donors (Lipinski definition) is 2. The summed E-state index contributed by atoms with van der Waals surface area (Å²) >= 11 is 13.8. The normalized spacial score (nSPS) is 17.0. The van der Waals surface area contributed by atoms with Crippen molar-refractivity contribution in [3.8, 4) is 0 Å². The SMILES string of the molecule is OC(CNC(c1ccccc1)C1CC1)c1cc(Cl)c([AsH2])c(Cl)c1. The first kappa shape index (κ1) is 17.3. The summed E-state index contributed by atoms with van der Waals surface area (Å²) in [5.74, 6) is 0.664. The molecule has 23 heavy (non-hydrogen) atoms. The molecule has 0 spiro atoms. The van der Waals surface area contributed by atoms with E-state index in [0.29, 0.717) is 28.5 Å². The molecule has 2 nitrogen and oxygen atoms in total. The van der Waals surface area contributed by atoms with E-state index in [1.54, 1.807) is 0 Å². The van der Waals surface area contributed by atoms with Gasteiger partial charge in [-0.15, -0.1) is 0 Å². The Morgan fingerprint density at radius 2 is 1.70 bits per heavy atom. The predicted molar refractivity (Wildman–Crippen MR) is 99.5 cm³/mol. The van der Waals surface area contributed by atoms with E-state index in [1.165, 1.54) is 35.3 Å². The summed E-state index contributed by atoms with van der Waals surface area (Å²) in [5.41, 5.74) is 2.04. The quantitative estimate of drug-likeness (QED) is 0.716. The number of rotatable bonds is 6. The molecular weight excluding hydrogens is 392 g/mol. The molecule has 3 atom stereocenters. The van der Waals surface area contributed by atoms with Gasteiger partial charge >= 0.3 is 156 Å². The molecule has 2 aromatic carbocycles. The Hall–Kier alpha value is -0.502. The van der Waals surface area contributed by atoms with Gasteiger partial charge in [-0.05, 0) is 0 Å². The molecule has 2 aromatic rings. The molecule has 2 N–H and O–H groups in total. The maximum absolute atomic E-state index is 10.5. The van der Waals surface area contributed by atoms with Gasteiger partial charge < -0.3 is 0 Å². The molecule has 1 aliphatic carbocycles. The van der Waals surface area contributed by atoms with Crippen LogP contribution >= 0.6 is 23.2 Å². The Balaban J connectivity index is 1.69. The molecule has 0 aromatic heterocycles. The van der Waals surface area contributed by atoms with Gasteiger partial charge in [-0.1, -0.05) is 0 Å². The Morgan fingerprint density at radius 1 is 1.09 bits per heavy atom. The van der Waals surface area contributed by atoms with Gasteiger partial charge in [0.15, 0.2) is 0 Å². The predicted octanol–water partition coefficient (Wildman–Crippen LogP) is 3.03. The van der Waals surface area contributed by atoms with Gasteiger partial charge in [-0.3, -0.25) is 0 Å². The van der Waals surface area contributed by atoms with Gasteiger partial charge in [0, 0.05) is 0 Å². The summed E-state index contributed by atoms with van der Waals surface area (Å²) in [5, 5.41) is 15.2. The van der Waals surface area contributed by atoms with E-state index in [9.17, 15) is 5.11 Å². The Morgan fingerprint density at radius 3 is 2.26 bits per heavy atom. The van der Waals surface area contributed by atoms with Gasteiger partial charge in [0.2, 0.25) is 0 Å². The summed E-state index contributed by atoms with van der Waals surface area (Å²) in [7, 11) is 0. The molecule has 0 saturated heterocycles. The van der Waals surface area contributed by atoms with E-state index in [1.807, 2.05) is 18.2 Å². The second-order valence-corrected chi connectivity index (χ2v) is 8.07. The molecule has 3 rings (SSSR count). The maximum atomic E-state index is 10.5. The molecule has 0 heterocycles. The van der Waals surface area contributed by atoms with Crippen LogP contribution in [0.3, 0.4) is 0 Å². The van der Waals surface area contributed by atoms with Crippen LogP contribution in [0.2, 0.25) is 10.0 Å². The van der Waals surface area contributed by atoms with Crippen LogP contribution in [0.4, 0.5) is 0 Å². The van der Waals surface area contributed by atoms with Crippen LogP contribution < -0.4 is 9.67 Å². The average molecular weight is 412 g/mol. The van der Waals surface area contributed by atoms with Crippen molar-refractivity contribution >= 4 is 44.4 Å². The monoisotopic (exact) mass is 411 g/mol. The van der Waals surface area contributed by atoms with Crippen LogP contribution in [-0.2, 0) is 0 Å². The Bertz CT molecular complexity index is 653. The minimum atomic E-state index is -0.622. The fraction of sp³-hybridized carbons (Fsp3) is 0.333. The molecular formula is C18H20AsCl2NO. The second kappa shape index (κ2) is 7.59. The summed E-state index contributed by atoms with van der Waals surface area (Å²) in [6.07, 6.45) is 1.86. The molecule has 0 aliphatic heterocycles. The summed E-state index contributed by atoms with van der Waals surface area (Å²) in [6, 6.07) is 14.4. The molecule has 1 aliphatic rings. The fourth-order valence-electron chi connectivity index (χ4n) is 2.80. The van der Waals surface area contributed by atoms with E-state index >= 15 is 0 Å².